The van der Waals surface area contributed by atoms with E-state index in [1.807, 2.05) is 22.8 Å². The Morgan fingerprint density at radius 1 is 0.775 bits per heavy atom. The van der Waals surface area contributed by atoms with E-state index in [0.29, 0.717) is 50.5 Å². The van der Waals surface area contributed by atoms with E-state index in [2.05, 4.69) is 14.9 Å². The number of amides is 3. The fourth-order valence-electron chi connectivity index (χ4n) is 5.91. The fraction of sp³-hybridized carbons (Fsp3) is 0.533. The Morgan fingerprint density at radius 2 is 1.43 bits per heavy atom. The van der Waals surface area contributed by atoms with Crippen molar-refractivity contribution in [2.75, 3.05) is 48.9 Å². The highest BCUT2D eigenvalue weighted by molar-refractivity contribution is 7.92. The fourth-order valence-corrected chi connectivity index (χ4v) is 6.96. The highest BCUT2D eigenvalue weighted by Crippen LogP contribution is 2.29. The maximum absolute atomic E-state index is 13.7. The first-order valence-electron chi connectivity index (χ1n) is 14.6. The van der Waals surface area contributed by atoms with Gasteiger partial charge in [0.2, 0.25) is 0 Å². The second-order valence-corrected chi connectivity index (χ2v) is 12.9. The standard InChI is InChI=1S/C30H41N5O4S/c1-23-10-13-26(14-11-23)40(38,39)32-25-12-15-28(27(22-25)29(36)34-16-6-3-7-17-34)33-18-20-35(21-19-33)30(37)31-24-8-4-2-5-9-24/h10-15,22,24,32H,2-9,16-21H2,1H3,(H,31,37). The molecule has 0 radical (unpaired) electrons. The number of anilines is 2. The molecule has 3 aliphatic rings. The van der Waals surface area contributed by atoms with Crippen LogP contribution in [0.15, 0.2) is 47.4 Å². The van der Waals surface area contributed by atoms with Crippen molar-refractivity contribution in [1.82, 2.24) is 15.1 Å². The minimum atomic E-state index is -3.80. The van der Waals surface area contributed by atoms with Crippen molar-refractivity contribution >= 4 is 33.3 Å². The largest absolute Gasteiger partial charge is 0.367 e. The second kappa shape index (κ2) is 12.5. The number of likely N-dealkylation sites (tertiary alicyclic amines) is 1. The molecular formula is C30H41N5O4S. The van der Waals surface area contributed by atoms with Crippen molar-refractivity contribution in [3.8, 4) is 0 Å². The molecule has 1 saturated carbocycles. The number of urea groups is 1. The summed E-state index contributed by atoms with van der Waals surface area (Å²) in [5.74, 6) is -0.0800. The van der Waals surface area contributed by atoms with E-state index in [1.54, 1.807) is 36.4 Å². The molecule has 2 saturated heterocycles. The number of piperazine rings is 1. The maximum Gasteiger partial charge on any atom is 0.317 e. The van der Waals surface area contributed by atoms with Gasteiger partial charge in [-0.25, -0.2) is 13.2 Å². The molecule has 2 aromatic rings. The van der Waals surface area contributed by atoms with Gasteiger partial charge < -0.3 is 20.0 Å². The number of sulfonamides is 1. The SMILES string of the molecule is Cc1ccc(S(=O)(=O)Nc2ccc(N3CCN(C(=O)NC4CCCCC4)CC3)c(C(=O)N3CCCCC3)c2)cc1. The number of hydrogen-bond donors (Lipinski definition) is 2. The molecule has 0 spiro atoms. The maximum atomic E-state index is 13.7. The first kappa shape index (κ1) is 28.3. The predicted molar refractivity (Wildman–Crippen MR) is 157 cm³/mol. The quantitative estimate of drug-likeness (QED) is 0.532. The second-order valence-electron chi connectivity index (χ2n) is 11.3. The molecule has 10 heteroatoms. The van der Waals surface area contributed by atoms with Gasteiger partial charge in [-0.2, -0.15) is 0 Å². The van der Waals surface area contributed by atoms with E-state index in [9.17, 15) is 18.0 Å². The molecule has 3 amide bonds. The van der Waals surface area contributed by atoms with Crippen LogP contribution in [0, 0.1) is 6.92 Å². The molecule has 2 aliphatic heterocycles. The van der Waals surface area contributed by atoms with E-state index < -0.39 is 10.0 Å². The van der Waals surface area contributed by atoms with Crippen LogP contribution in [0.2, 0.25) is 0 Å². The monoisotopic (exact) mass is 567 g/mol. The van der Waals surface area contributed by atoms with Gasteiger partial charge in [0.15, 0.2) is 0 Å². The smallest absolute Gasteiger partial charge is 0.317 e. The molecule has 5 rings (SSSR count). The number of piperidine rings is 1. The molecule has 0 bridgehead atoms. The lowest BCUT2D eigenvalue weighted by Gasteiger charge is -2.38. The van der Waals surface area contributed by atoms with E-state index in [1.165, 1.54) is 19.3 Å². The zero-order valence-corrected chi connectivity index (χ0v) is 24.2. The van der Waals surface area contributed by atoms with Crippen molar-refractivity contribution in [3.63, 3.8) is 0 Å². The highest BCUT2D eigenvalue weighted by atomic mass is 32.2. The Morgan fingerprint density at radius 3 is 2.10 bits per heavy atom. The van der Waals surface area contributed by atoms with E-state index in [-0.39, 0.29) is 22.9 Å². The molecule has 0 aromatic heterocycles. The third kappa shape index (κ3) is 6.71. The lowest BCUT2D eigenvalue weighted by atomic mass is 9.96. The molecule has 0 atom stereocenters. The van der Waals surface area contributed by atoms with Crippen molar-refractivity contribution in [2.24, 2.45) is 0 Å². The van der Waals surface area contributed by atoms with E-state index in [4.69, 9.17) is 0 Å². The van der Waals surface area contributed by atoms with E-state index in [0.717, 1.165) is 43.4 Å². The lowest BCUT2D eigenvalue weighted by molar-refractivity contribution is 0.0724. The Kier molecular flexibility index (Phi) is 8.83. The number of nitrogens with zero attached hydrogens (tertiary/aromatic N) is 3. The number of rotatable bonds is 6. The van der Waals surface area contributed by atoms with Gasteiger partial charge in [0, 0.05) is 56.7 Å². The van der Waals surface area contributed by atoms with Crippen molar-refractivity contribution in [2.45, 2.75) is 69.2 Å². The Balaban J connectivity index is 1.33. The van der Waals surface area contributed by atoms with Crippen LogP contribution in [0.3, 0.4) is 0 Å². The molecular weight excluding hydrogens is 526 g/mol. The number of carbonyl (C=O) groups excluding carboxylic acids is 2. The van der Waals surface area contributed by atoms with E-state index >= 15 is 0 Å². The zero-order valence-electron chi connectivity index (χ0n) is 23.4. The summed E-state index contributed by atoms with van der Waals surface area (Å²) in [5.41, 5.74) is 2.60. The molecule has 0 unspecified atom stereocenters. The molecule has 2 aromatic carbocycles. The van der Waals surface area contributed by atoms with Crippen LogP contribution in [-0.2, 0) is 10.0 Å². The Labute approximate surface area is 238 Å². The van der Waals surface area contributed by atoms with Crippen LogP contribution in [-0.4, -0.2) is 75.5 Å². The zero-order chi connectivity index (χ0) is 28.1. The van der Waals surface area contributed by atoms with Crippen LogP contribution in [0.4, 0.5) is 16.2 Å². The number of carbonyl (C=O) groups is 2. The van der Waals surface area contributed by atoms with Crippen LogP contribution >= 0.6 is 0 Å². The van der Waals surface area contributed by atoms with Crippen LogP contribution in [0.25, 0.3) is 0 Å². The average molecular weight is 568 g/mol. The van der Waals surface area contributed by atoms with Gasteiger partial charge in [-0.05, 0) is 69.4 Å². The van der Waals surface area contributed by atoms with Gasteiger partial charge in [0.25, 0.3) is 15.9 Å². The van der Waals surface area contributed by atoms with Crippen molar-refractivity contribution in [3.05, 3.63) is 53.6 Å². The molecule has 2 N–H and O–H groups in total. The average Bonchev–Trinajstić information content (AvgIpc) is 2.98. The minimum absolute atomic E-state index is 0.00275. The van der Waals surface area contributed by atoms with Crippen LogP contribution < -0.4 is 14.9 Å². The molecule has 40 heavy (non-hydrogen) atoms. The van der Waals surface area contributed by atoms with Gasteiger partial charge in [0.05, 0.1) is 10.5 Å². The number of hydrogen-bond acceptors (Lipinski definition) is 5. The summed E-state index contributed by atoms with van der Waals surface area (Å²) >= 11 is 0. The first-order chi connectivity index (χ1) is 19.3. The van der Waals surface area contributed by atoms with Crippen molar-refractivity contribution < 1.29 is 18.0 Å². The summed E-state index contributed by atoms with van der Waals surface area (Å²) in [6.45, 7) is 5.65. The minimum Gasteiger partial charge on any atom is -0.367 e. The number of benzene rings is 2. The third-order valence-electron chi connectivity index (χ3n) is 8.29. The summed E-state index contributed by atoms with van der Waals surface area (Å²) in [6, 6.07) is 12.2. The molecule has 9 nitrogen and oxygen atoms in total. The molecule has 216 valence electrons. The lowest BCUT2D eigenvalue weighted by Crippen LogP contribution is -2.54. The number of aryl methyl sites for hydroxylation is 1. The summed E-state index contributed by atoms with van der Waals surface area (Å²) in [4.78, 5) is 32.6. The number of nitrogens with one attached hydrogen (secondary N) is 2. The van der Waals surface area contributed by atoms with Gasteiger partial charge >= 0.3 is 6.03 Å². The summed E-state index contributed by atoms with van der Waals surface area (Å²) in [7, 11) is -3.80. The highest BCUT2D eigenvalue weighted by Gasteiger charge is 2.28. The normalized spacial score (nSPS) is 18.9. The third-order valence-corrected chi connectivity index (χ3v) is 9.69. The molecule has 3 fully saturated rings. The summed E-state index contributed by atoms with van der Waals surface area (Å²) < 4.78 is 28.8. The van der Waals surface area contributed by atoms with Gasteiger partial charge in [-0.3, -0.25) is 9.52 Å². The van der Waals surface area contributed by atoms with Gasteiger partial charge in [-0.15, -0.1) is 0 Å². The Hall–Kier alpha value is -3.27. The summed E-state index contributed by atoms with van der Waals surface area (Å²) in [6.07, 6.45) is 8.73. The van der Waals surface area contributed by atoms with Crippen molar-refractivity contribution in [1.29, 1.82) is 0 Å². The molecule has 1 aliphatic carbocycles. The predicted octanol–water partition coefficient (Wildman–Crippen LogP) is 4.59. The van der Waals surface area contributed by atoms with Crippen LogP contribution in [0.1, 0.15) is 67.3 Å². The van der Waals surface area contributed by atoms with Crippen LogP contribution in [0.5, 0.6) is 0 Å². The topological polar surface area (TPSA) is 102 Å². The summed E-state index contributed by atoms with van der Waals surface area (Å²) in [5, 5.41) is 3.20. The first-order valence-corrected chi connectivity index (χ1v) is 16.1. The molecule has 2 heterocycles. The van der Waals surface area contributed by atoms with Gasteiger partial charge in [-0.1, -0.05) is 37.0 Å². The Bertz CT molecular complexity index is 1290. The van der Waals surface area contributed by atoms with Gasteiger partial charge in [0.1, 0.15) is 0 Å².